The maximum absolute atomic E-state index is 11.7. The van der Waals surface area contributed by atoms with Gasteiger partial charge in [-0.3, -0.25) is 0 Å². The molecule has 0 aliphatic heterocycles. The van der Waals surface area contributed by atoms with Crippen LogP contribution in [0.3, 0.4) is 0 Å². The number of benzene rings is 2. The highest BCUT2D eigenvalue weighted by atomic mass is 16.5. The lowest BCUT2D eigenvalue weighted by Gasteiger charge is -2.02. The summed E-state index contributed by atoms with van der Waals surface area (Å²) in [6, 6.07) is 14.4. The first-order valence-corrected chi connectivity index (χ1v) is 8.76. The Kier molecular flexibility index (Phi) is 5.66. The predicted molar refractivity (Wildman–Crippen MR) is 99.2 cm³/mol. The van der Waals surface area contributed by atoms with E-state index in [9.17, 15) is 9.59 Å². The Morgan fingerprint density at radius 3 is 1.89 bits per heavy atom. The molecule has 0 spiro atoms. The minimum absolute atomic E-state index is 0.326. The van der Waals surface area contributed by atoms with Gasteiger partial charge in [0.15, 0.2) is 0 Å². The van der Waals surface area contributed by atoms with E-state index in [-0.39, 0.29) is 11.9 Å². The van der Waals surface area contributed by atoms with Crippen LogP contribution >= 0.6 is 0 Å². The summed E-state index contributed by atoms with van der Waals surface area (Å²) in [6.07, 6.45) is 5.75. The summed E-state index contributed by atoms with van der Waals surface area (Å²) < 4.78 is 13.9. The summed E-state index contributed by atoms with van der Waals surface area (Å²) in [6.45, 7) is 4.27. The van der Waals surface area contributed by atoms with Crippen molar-refractivity contribution < 1.29 is 23.6 Å². The smallest absolute Gasteiger partial charge is 0.338 e. The van der Waals surface area contributed by atoms with Gasteiger partial charge in [0.2, 0.25) is 0 Å². The van der Waals surface area contributed by atoms with Crippen LogP contribution in [0.1, 0.15) is 34.6 Å². The Labute approximate surface area is 157 Å². The van der Waals surface area contributed by atoms with E-state index in [1.165, 1.54) is 0 Å². The van der Waals surface area contributed by atoms with Crippen LogP contribution < -0.4 is 4.57 Å². The summed E-state index contributed by atoms with van der Waals surface area (Å²) >= 11 is 0. The molecule has 0 bridgehead atoms. The van der Waals surface area contributed by atoms with Crippen molar-refractivity contribution in [3.05, 3.63) is 78.4 Å². The van der Waals surface area contributed by atoms with E-state index in [0.717, 1.165) is 11.4 Å². The molecule has 6 heteroatoms. The molecule has 0 aliphatic rings. The largest absolute Gasteiger partial charge is 0.462 e. The molecule has 0 atom stereocenters. The maximum Gasteiger partial charge on any atom is 0.338 e. The van der Waals surface area contributed by atoms with Gasteiger partial charge in [-0.05, 0) is 62.4 Å². The molecule has 2 aromatic carbocycles. The third-order valence-corrected chi connectivity index (χ3v) is 3.99. The van der Waals surface area contributed by atoms with E-state index in [4.69, 9.17) is 9.47 Å². The van der Waals surface area contributed by atoms with Crippen molar-refractivity contribution in [3.63, 3.8) is 0 Å². The topological polar surface area (TPSA) is 61.4 Å². The molecule has 0 unspecified atom stereocenters. The third kappa shape index (κ3) is 4.23. The fourth-order valence-corrected chi connectivity index (χ4v) is 2.63. The lowest BCUT2D eigenvalue weighted by atomic mass is 10.2. The van der Waals surface area contributed by atoms with Crippen molar-refractivity contribution in [2.75, 3.05) is 13.2 Å². The zero-order chi connectivity index (χ0) is 19.2. The van der Waals surface area contributed by atoms with E-state index in [2.05, 4.69) is 0 Å². The molecule has 1 heterocycles. The Bertz CT molecular complexity index is 852. The fourth-order valence-electron chi connectivity index (χ4n) is 2.63. The Morgan fingerprint density at radius 1 is 0.852 bits per heavy atom. The molecule has 0 amide bonds. The first kappa shape index (κ1) is 18.4. The van der Waals surface area contributed by atoms with Gasteiger partial charge in [-0.15, -0.1) is 0 Å². The molecule has 3 rings (SSSR count). The van der Waals surface area contributed by atoms with Crippen LogP contribution in [0.5, 0.6) is 0 Å². The van der Waals surface area contributed by atoms with Crippen LogP contribution in [0, 0.1) is 0 Å². The molecular weight excluding hydrogens is 344 g/mol. The predicted octanol–water partition coefficient (Wildman–Crippen LogP) is 3.11. The number of imidazole rings is 1. The van der Waals surface area contributed by atoms with Crippen molar-refractivity contribution in [2.45, 2.75) is 13.8 Å². The van der Waals surface area contributed by atoms with E-state index < -0.39 is 0 Å². The highest BCUT2D eigenvalue weighted by molar-refractivity contribution is 5.90. The SMILES string of the molecule is CCOC(=O)c1ccc(-n2cc[n+](-c3ccc(C(=O)OCC)cc3)c2)cc1. The Balaban J connectivity index is 1.76. The maximum atomic E-state index is 11.7. The van der Waals surface area contributed by atoms with Crippen molar-refractivity contribution in [1.29, 1.82) is 0 Å². The van der Waals surface area contributed by atoms with E-state index in [1.807, 2.05) is 52.1 Å². The van der Waals surface area contributed by atoms with Crippen LogP contribution in [0.4, 0.5) is 0 Å². The van der Waals surface area contributed by atoms with Crippen LogP contribution in [0.25, 0.3) is 11.4 Å². The van der Waals surface area contributed by atoms with Gasteiger partial charge in [-0.2, -0.15) is 0 Å². The van der Waals surface area contributed by atoms with Crippen molar-refractivity contribution in [3.8, 4) is 11.4 Å². The van der Waals surface area contributed by atoms with Crippen LogP contribution in [0.15, 0.2) is 67.3 Å². The molecule has 0 radical (unpaired) electrons. The van der Waals surface area contributed by atoms with Crippen molar-refractivity contribution in [1.82, 2.24) is 4.57 Å². The number of hydrogen-bond acceptors (Lipinski definition) is 4. The number of ether oxygens (including phenoxy) is 2. The molecule has 27 heavy (non-hydrogen) atoms. The molecule has 0 N–H and O–H groups in total. The highest BCUT2D eigenvalue weighted by Crippen LogP contribution is 2.11. The molecule has 0 aliphatic carbocycles. The first-order chi connectivity index (χ1) is 13.1. The second-order valence-corrected chi connectivity index (χ2v) is 5.76. The molecule has 3 aromatic rings. The summed E-state index contributed by atoms with van der Waals surface area (Å²) in [7, 11) is 0. The van der Waals surface area contributed by atoms with E-state index >= 15 is 0 Å². The van der Waals surface area contributed by atoms with Gasteiger partial charge < -0.3 is 9.47 Å². The normalized spacial score (nSPS) is 10.4. The summed E-state index contributed by atoms with van der Waals surface area (Å²) in [5, 5.41) is 0. The molecule has 6 nitrogen and oxygen atoms in total. The van der Waals surface area contributed by atoms with Gasteiger partial charge in [0.25, 0.3) is 6.33 Å². The molecule has 0 fully saturated rings. The molecule has 0 saturated heterocycles. The quantitative estimate of drug-likeness (QED) is 0.497. The van der Waals surface area contributed by atoms with Crippen LogP contribution in [-0.2, 0) is 9.47 Å². The average molecular weight is 365 g/mol. The van der Waals surface area contributed by atoms with E-state index in [1.54, 1.807) is 38.1 Å². The number of carbonyl (C=O) groups excluding carboxylic acids is 2. The lowest BCUT2D eigenvalue weighted by molar-refractivity contribution is -0.594. The zero-order valence-electron chi connectivity index (χ0n) is 15.3. The third-order valence-electron chi connectivity index (χ3n) is 3.99. The Morgan fingerprint density at radius 2 is 1.37 bits per heavy atom. The second-order valence-electron chi connectivity index (χ2n) is 5.76. The molecule has 138 valence electrons. The highest BCUT2D eigenvalue weighted by Gasteiger charge is 2.12. The summed E-state index contributed by atoms with van der Waals surface area (Å²) in [4.78, 5) is 23.5. The number of rotatable bonds is 6. The first-order valence-electron chi connectivity index (χ1n) is 8.76. The molecule has 1 aromatic heterocycles. The Hall–Kier alpha value is -3.41. The number of aromatic nitrogens is 2. The van der Waals surface area contributed by atoms with Crippen LogP contribution in [-0.4, -0.2) is 29.7 Å². The van der Waals surface area contributed by atoms with Gasteiger partial charge >= 0.3 is 11.9 Å². The van der Waals surface area contributed by atoms with Gasteiger partial charge in [-0.1, -0.05) is 0 Å². The number of hydrogen-bond donors (Lipinski definition) is 0. The van der Waals surface area contributed by atoms with Crippen molar-refractivity contribution in [2.24, 2.45) is 0 Å². The van der Waals surface area contributed by atoms with Gasteiger partial charge in [0, 0.05) is 0 Å². The second kappa shape index (κ2) is 8.31. The average Bonchev–Trinajstić information content (AvgIpc) is 3.19. The van der Waals surface area contributed by atoms with Gasteiger partial charge in [0.1, 0.15) is 23.8 Å². The summed E-state index contributed by atoms with van der Waals surface area (Å²) in [5.41, 5.74) is 2.89. The monoisotopic (exact) mass is 365 g/mol. The standard InChI is InChI=1S/C21H21N2O4/c1-3-26-20(24)16-5-9-18(10-6-16)22-13-14-23(15-22)19-11-7-17(8-12-19)21(25)27-4-2/h5-15H,3-4H2,1-2H3/q+1. The van der Waals surface area contributed by atoms with Gasteiger partial charge in [0.05, 0.1) is 24.3 Å². The number of carbonyl (C=O) groups is 2. The van der Waals surface area contributed by atoms with Crippen molar-refractivity contribution >= 4 is 11.9 Å². The minimum Gasteiger partial charge on any atom is -0.462 e. The molecule has 0 saturated carbocycles. The van der Waals surface area contributed by atoms with Crippen LogP contribution in [0.2, 0.25) is 0 Å². The number of nitrogens with zero attached hydrogens (tertiary/aromatic N) is 2. The fraction of sp³-hybridized carbons (Fsp3) is 0.190. The van der Waals surface area contributed by atoms with Gasteiger partial charge in [-0.25, -0.2) is 18.7 Å². The summed E-state index contributed by atoms with van der Waals surface area (Å²) in [5.74, 6) is -0.651. The number of esters is 2. The minimum atomic E-state index is -0.326. The molecular formula is C21H21N2O4+. The zero-order valence-corrected chi connectivity index (χ0v) is 15.3. The van der Waals surface area contributed by atoms with E-state index in [0.29, 0.717) is 24.3 Å². The lowest BCUT2D eigenvalue weighted by Crippen LogP contribution is -2.27.